The molecule has 1 atom stereocenters. The number of methoxy groups -OCH3 is 1. The maximum Gasteiger partial charge on any atom is 0.191 e. The van der Waals surface area contributed by atoms with Gasteiger partial charge in [0, 0.05) is 39.4 Å². The standard InChI is InChI=1S/C22H38N4O2/c1-18-8-9-20(21(14-18)28-13-12-27-4)16-25-22(23-3)24-15-19(2)17-26-10-6-5-7-11-26/h8-9,14,19H,5-7,10-13,15-17H2,1-4H3,(H2,23,24,25). The highest BCUT2D eigenvalue weighted by Gasteiger charge is 2.14. The topological polar surface area (TPSA) is 58.1 Å². The summed E-state index contributed by atoms with van der Waals surface area (Å²) in [6.45, 7) is 10.7. The third kappa shape index (κ3) is 8.07. The summed E-state index contributed by atoms with van der Waals surface area (Å²) < 4.78 is 11.0. The van der Waals surface area contributed by atoms with Gasteiger partial charge in [-0.15, -0.1) is 0 Å². The number of aryl methyl sites for hydroxylation is 1. The summed E-state index contributed by atoms with van der Waals surface area (Å²) in [6, 6.07) is 6.29. The molecule has 28 heavy (non-hydrogen) atoms. The van der Waals surface area contributed by atoms with E-state index in [2.05, 4.69) is 52.6 Å². The van der Waals surface area contributed by atoms with E-state index in [0.29, 0.717) is 25.7 Å². The van der Waals surface area contributed by atoms with Crippen molar-refractivity contribution in [2.45, 2.75) is 39.7 Å². The maximum atomic E-state index is 5.88. The monoisotopic (exact) mass is 390 g/mol. The Bertz CT molecular complexity index is 600. The molecule has 1 saturated heterocycles. The van der Waals surface area contributed by atoms with E-state index in [1.807, 2.05) is 7.05 Å². The van der Waals surface area contributed by atoms with Crippen LogP contribution in [0.15, 0.2) is 23.2 Å². The van der Waals surface area contributed by atoms with Crippen LogP contribution in [0.4, 0.5) is 0 Å². The van der Waals surface area contributed by atoms with Gasteiger partial charge in [-0.1, -0.05) is 25.5 Å². The molecule has 1 fully saturated rings. The molecule has 0 bridgehead atoms. The van der Waals surface area contributed by atoms with Crippen molar-refractivity contribution in [1.29, 1.82) is 0 Å². The molecule has 1 aliphatic heterocycles. The van der Waals surface area contributed by atoms with Crippen LogP contribution < -0.4 is 15.4 Å². The molecule has 2 rings (SSSR count). The minimum atomic E-state index is 0.550. The number of aliphatic imine (C=N–C) groups is 1. The van der Waals surface area contributed by atoms with Crippen LogP contribution in [0.25, 0.3) is 0 Å². The number of benzene rings is 1. The molecule has 6 heteroatoms. The van der Waals surface area contributed by atoms with Gasteiger partial charge in [0.15, 0.2) is 5.96 Å². The number of piperidine rings is 1. The molecule has 0 aliphatic carbocycles. The van der Waals surface area contributed by atoms with Crippen LogP contribution in [0.3, 0.4) is 0 Å². The van der Waals surface area contributed by atoms with Gasteiger partial charge < -0.3 is 25.0 Å². The van der Waals surface area contributed by atoms with Gasteiger partial charge in [0.1, 0.15) is 12.4 Å². The van der Waals surface area contributed by atoms with Gasteiger partial charge in [-0.2, -0.15) is 0 Å². The molecule has 1 aliphatic rings. The molecular weight excluding hydrogens is 352 g/mol. The highest BCUT2D eigenvalue weighted by atomic mass is 16.5. The van der Waals surface area contributed by atoms with Gasteiger partial charge in [-0.25, -0.2) is 0 Å². The lowest BCUT2D eigenvalue weighted by atomic mass is 10.1. The van der Waals surface area contributed by atoms with E-state index < -0.39 is 0 Å². The van der Waals surface area contributed by atoms with Crippen LogP contribution in [0.1, 0.15) is 37.3 Å². The Morgan fingerprint density at radius 3 is 2.68 bits per heavy atom. The first-order valence-electron chi connectivity index (χ1n) is 10.5. The highest BCUT2D eigenvalue weighted by Crippen LogP contribution is 2.20. The first kappa shape index (κ1) is 22.5. The second kappa shape index (κ2) is 12.6. The summed E-state index contributed by atoms with van der Waals surface area (Å²) in [5.41, 5.74) is 2.30. The van der Waals surface area contributed by atoms with E-state index in [1.165, 1.54) is 37.9 Å². The predicted molar refractivity (Wildman–Crippen MR) is 116 cm³/mol. The van der Waals surface area contributed by atoms with Crippen molar-refractivity contribution in [1.82, 2.24) is 15.5 Å². The Kier molecular flexibility index (Phi) is 10.1. The van der Waals surface area contributed by atoms with E-state index in [-0.39, 0.29) is 0 Å². The number of ether oxygens (including phenoxy) is 2. The lowest BCUT2D eigenvalue weighted by molar-refractivity contribution is 0.145. The smallest absolute Gasteiger partial charge is 0.191 e. The van der Waals surface area contributed by atoms with Crippen molar-refractivity contribution >= 4 is 5.96 Å². The Balaban J connectivity index is 1.79. The Labute approximate surface area is 170 Å². The van der Waals surface area contributed by atoms with E-state index in [9.17, 15) is 0 Å². The molecule has 1 unspecified atom stereocenters. The Morgan fingerprint density at radius 1 is 1.18 bits per heavy atom. The maximum absolute atomic E-state index is 5.88. The van der Waals surface area contributed by atoms with Crippen LogP contribution in [-0.2, 0) is 11.3 Å². The number of nitrogens with zero attached hydrogens (tertiary/aromatic N) is 2. The van der Waals surface area contributed by atoms with E-state index in [1.54, 1.807) is 7.11 Å². The van der Waals surface area contributed by atoms with E-state index in [0.717, 1.165) is 30.4 Å². The molecule has 0 amide bonds. The lowest BCUT2D eigenvalue weighted by Gasteiger charge is -2.29. The van der Waals surface area contributed by atoms with Crippen LogP contribution >= 0.6 is 0 Å². The number of rotatable bonds is 10. The van der Waals surface area contributed by atoms with Crippen molar-refractivity contribution < 1.29 is 9.47 Å². The second-order valence-electron chi connectivity index (χ2n) is 7.73. The molecule has 0 spiro atoms. The van der Waals surface area contributed by atoms with Crippen molar-refractivity contribution in [2.24, 2.45) is 10.9 Å². The van der Waals surface area contributed by atoms with Gasteiger partial charge in [0.25, 0.3) is 0 Å². The van der Waals surface area contributed by atoms with Crippen LogP contribution in [0.5, 0.6) is 5.75 Å². The predicted octanol–water partition coefficient (Wildman–Crippen LogP) is 2.81. The fraction of sp³-hybridized carbons (Fsp3) is 0.682. The summed E-state index contributed by atoms with van der Waals surface area (Å²) in [7, 11) is 3.50. The third-order valence-electron chi connectivity index (χ3n) is 5.07. The van der Waals surface area contributed by atoms with Crippen molar-refractivity contribution in [3.05, 3.63) is 29.3 Å². The minimum absolute atomic E-state index is 0.550. The van der Waals surface area contributed by atoms with Crippen LogP contribution in [-0.4, -0.2) is 64.4 Å². The average molecular weight is 391 g/mol. The highest BCUT2D eigenvalue weighted by molar-refractivity contribution is 5.79. The molecule has 2 N–H and O–H groups in total. The summed E-state index contributed by atoms with van der Waals surface area (Å²) in [5, 5.41) is 6.87. The van der Waals surface area contributed by atoms with Crippen LogP contribution in [0.2, 0.25) is 0 Å². The molecule has 158 valence electrons. The van der Waals surface area contributed by atoms with Gasteiger partial charge in [0.05, 0.1) is 6.61 Å². The first-order chi connectivity index (χ1) is 13.6. The summed E-state index contributed by atoms with van der Waals surface area (Å²) >= 11 is 0. The largest absolute Gasteiger partial charge is 0.491 e. The first-order valence-corrected chi connectivity index (χ1v) is 10.5. The second-order valence-corrected chi connectivity index (χ2v) is 7.73. The van der Waals surface area contributed by atoms with Crippen molar-refractivity contribution in [3.8, 4) is 5.75 Å². The summed E-state index contributed by atoms with van der Waals surface area (Å²) in [4.78, 5) is 6.95. The molecule has 6 nitrogen and oxygen atoms in total. The number of hydrogen-bond acceptors (Lipinski definition) is 4. The fourth-order valence-corrected chi connectivity index (χ4v) is 3.49. The molecule has 1 heterocycles. The van der Waals surface area contributed by atoms with E-state index >= 15 is 0 Å². The van der Waals surface area contributed by atoms with Gasteiger partial charge in [-0.05, 0) is 50.4 Å². The number of guanidine groups is 1. The Morgan fingerprint density at radius 2 is 1.96 bits per heavy atom. The molecular formula is C22H38N4O2. The summed E-state index contributed by atoms with van der Waals surface area (Å²) in [6.07, 6.45) is 4.07. The average Bonchev–Trinajstić information content (AvgIpc) is 2.70. The summed E-state index contributed by atoms with van der Waals surface area (Å²) in [5.74, 6) is 2.32. The van der Waals surface area contributed by atoms with E-state index in [4.69, 9.17) is 9.47 Å². The minimum Gasteiger partial charge on any atom is -0.491 e. The quantitative estimate of drug-likeness (QED) is 0.365. The molecule has 0 aromatic heterocycles. The van der Waals surface area contributed by atoms with Gasteiger partial charge in [0.2, 0.25) is 0 Å². The zero-order valence-corrected chi connectivity index (χ0v) is 18.1. The Hall–Kier alpha value is -1.79. The zero-order chi connectivity index (χ0) is 20.2. The molecule has 1 aromatic carbocycles. The zero-order valence-electron chi connectivity index (χ0n) is 18.1. The van der Waals surface area contributed by atoms with Gasteiger partial charge in [-0.3, -0.25) is 4.99 Å². The molecule has 0 saturated carbocycles. The number of hydrogen-bond donors (Lipinski definition) is 2. The van der Waals surface area contributed by atoms with Crippen molar-refractivity contribution in [2.75, 3.05) is 53.6 Å². The van der Waals surface area contributed by atoms with Crippen molar-refractivity contribution in [3.63, 3.8) is 0 Å². The lowest BCUT2D eigenvalue weighted by Crippen LogP contribution is -2.42. The number of likely N-dealkylation sites (tertiary alicyclic amines) is 1. The van der Waals surface area contributed by atoms with Gasteiger partial charge >= 0.3 is 0 Å². The third-order valence-corrected chi connectivity index (χ3v) is 5.07. The van der Waals surface area contributed by atoms with Crippen LogP contribution in [0, 0.1) is 12.8 Å². The fourth-order valence-electron chi connectivity index (χ4n) is 3.49. The normalized spacial score (nSPS) is 16.6. The molecule has 0 radical (unpaired) electrons. The SMILES string of the molecule is CN=C(NCc1ccc(C)cc1OCCOC)NCC(C)CN1CCCCC1. The molecule has 1 aromatic rings. The number of nitrogens with one attached hydrogen (secondary N) is 2.